The molecule has 0 bridgehead atoms. The van der Waals surface area contributed by atoms with E-state index in [1.807, 2.05) is 6.07 Å². The standard InChI is InChI=1S/C18H12BrCl2N7OS/c19-10-8-28(15-11(21)4-2-6-23-15)27-14(10)16(29)24-12-5-1-3-9(7-20)13(12)17-25-26-18(22)30-17/h1-6,8H,7H2,(H2,22,26)(H,24,29). The van der Waals surface area contributed by atoms with Crippen LogP contribution in [0.3, 0.4) is 0 Å². The predicted octanol–water partition coefficient (Wildman–Crippen LogP) is 4.78. The number of benzene rings is 1. The van der Waals surface area contributed by atoms with Crippen molar-refractivity contribution in [3.63, 3.8) is 0 Å². The second-order valence-electron chi connectivity index (χ2n) is 5.95. The van der Waals surface area contributed by atoms with Crippen molar-refractivity contribution in [1.82, 2.24) is 25.0 Å². The van der Waals surface area contributed by atoms with Crippen LogP contribution < -0.4 is 11.1 Å². The summed E-state index contributed by atoms with van der Waals surface area (Å²) < 4.78 is 1.92. The van der Waals surface area contributed by atoms with Gasteiger partial charge in [0, 0.05) is 23.8 Å². The topological polar surface area (TPSA) is 112 Å². The molecule has 4 aromatic rings. The first-order valence-electron chi connectivity index (χ1n) is 8.42. The Morgan fingerprint density at radius 1 is 1.27 bits per heavy atom. The van der Waals surface area contributed by atoms with Crippen LogP contribution in [0.2, 0.25) is 5.02 Å². The van der Waals surface area contributed by atoms with Crippen molar-refractivity contribution in [3.8, 4) is 16.4 Å². The number of nitrogen functional groups attached to an aromatic ring is 1. The molecule has 0 saturated heterocycles. The van der Waals surface area contributed by atoms with E-state index in [2.05, 4.69) is 41.5 Å². The lowest BCUT2D eigenvalue weighted by Gasteiger charge is -2.12. The highest BCUT2D eigenvalue weighted by atomic mass is 79.9. The van der Waals surface area contributed by atoms with Gasteiger partial charge in [-0.25, -0.2) is 9.67 Å². The zero-order chi connectivity index (χ0) is 21.3. The number of amides is 1. The molecule has 0 radical (unpaired) electrons. The van der Waals surface area contributed by atoms with E-state index in [0.717, 1.165) is 5.56 Å². The molecule has 0 atom stereocenters. The summed E-state index contributed by atoms with van der Waals surface area (Å²) in [6.45, 7) is 0. The molecule has 4 rings (SSSR count). The molecule has 152 valence electrons. The number of aromatic nitrogens is 5. The third-order valence-corrected chi connectivity index (χ3v) is 5.97. The van der Waals surface area contributed by atoms with Gasteiger partial charge in [-0.15, -0.1) is 21.8 Å². The summed E-state index contributed by atoms with van der Waals surface area (Å²) in [5.74, 6) is 0.209. The molecule has 12 heteroatoms. The number of halogens is 3. The molecule has 1 aromatic carbocycles. The quantitative estimate of drug-likeness (QED) is 0.363. The van der Waals surface area contributed by atoms with E-state index in [-0.39, 0.29) is 11.6 Å². The van der Waals surface area contributed by atoms with Crippen LogP contribution in [0.4, 0.5) is 10.8 Å². The second kappa shape index (κ2) is 8.68. The maximum Gasteiger partial charge on any atom is 0.277 e. The van der Waals surface area contributed by atoms with Gasteiger partial charge in [0.2, 0.25) is 5.13 Å². The number of nitrogens with one attached hydrogen (secondary N) is 1. The highest BCUT2D eigenvalue weighted by molar-refractivity contribution is 9.10. The van der Waals surface area contributed by atoms with Crippen LogP contribution in [0.5, 0.6) is 0 Å². The summed E-state index contributed by atoms with van der Waals surface area (Å²) in [5, 5.41) is 16.4. The van der Waals surface area contributed by atoms with Gasteiger partial charge in [0.05, 0.1) is 15.2 Å². The molecule has 0 aliphatic heterocycles. The molecule has 0 saturated carbocycles. The minimum absolute atomic E-state index is 0.163. The third-order valence-electron chi connectivity index (χ3n) is 4.04. The fourth-order valence-electron chi connectivity index (χ4n) is 2.75. The number of nitrogens with zero attached hydrogens (tertiary/aromatic N) is 5. The minimum atomic E-state index is -0.432. The lowest BCUT2D eigenvalue weighted by molar-refractivity contribution is 0.102. The van der Waals surface area contributed by atoms with Gasteiger partial charge in [-0.3, -0.25) is 4.79 Å². The van der Waals surface area contributed by atoms with Crippen molar-refractivity contribution in [1.29, 1.82) is 0 Å². The second-order valence-corrected chi connectivity index (χ2v) is 8.49. The van der Waals surface area contributed by atoms with Crippen LogP contribution in [-0.4, -0.2) is 30.9 Å². The van der Waals surface area contributed by atoms with Gasteiger partial charge in [0.1, 0.15) is 0 Å². The number of carbonyl (C=O) groups excluding carboxylic acids is 1. The van der Waals surface area contributed by atoms with E-state index in [1.165, 1.54) is 16.0 Å². The maximum atomic E-state index is 13.0. The number of anilines is 2. The summed E-state index contributed by atoms with van der Waals surface area (Å²) >= 11 is 16.9. The molecular formula is C18H12BrCl2N7OS. The average Bonchev–Trinajstić information content (AvgIpc) is 3.33. The third kappa shape index (κ3) is 4.04. The summed E-state index contributed by atoms with van der Waals surface area (Å²) in [6, 6.07) is 8.80. The fraction of sp³-hybridized carbons (Fsp3) is 0.0556. The highest BCUT2D eigenvalue weighted by Crippen LogP contribution is 2.35. The first-order valence-corrected chi connectivity index (χ1v) is 10.9. The van der Waals surface area contributed by atoms with Crippen LogP contribution in [0.15, 0.2) is 47.2 Å². The van der Waals surface area contributed by atoms with Gasteiger partial charge in [-0.1, -0.05) is 35.1 Å². The molecule has 3 N–H and O–H groups in total. The van der Waals surface area contributed by atoms with E-state index in [4.69, 9.17) is 28.9 Å². The summed E-state index contributed by atoms with van der Waals surface area (Å²) in [7, 11) is 0. The van der Waals surface area contributed by atoms with Crippen molar-refractivity contribution < 1.29 is 4.79 Å². The first kappa shape index (κ1) is 20.7. The number of hydrogen-bond acceptors (Lipinski definition) is 7. The predicted molar refractivity (Wildman–Crippen MR) is 121 cm³/mol. The summed E-state index contributed by atoms with van der Waals surface area (Å²) in [4.78, 5) is 17.2. The largest absolute Gasteiger partial charge is 0.374 e. The minimum Gasteiger partial charge on any atom is -0.374 e. The van der Waals surface area contributed by atoms with Gasteiger partial charge in [-0.2, -0.15) is 5.10 Å². The zero-order valence-electron chi connectivity index (χ0n) is 15.0. The van der Waals surface area contributed by atoms with Crippen molar-refractivity contribution in [2.24, 2.45) is 0 Å². The highest BCUT2D eigenvalue weighted by Gasteiger charge is 2.21. The molecule has 0 aliphatic rings. The Kier molecular flexibility index (Phi) is 6.00. The van der Waals surface area contributed by atoms with Crippen LogP contribution >= 0.6 is 50.5 Å². The van der Waals surface area contributed by atoms with E-state index < -0.39 is 5.91 Å². The monoisotopic (exact) mass is 523 g/mol. The van der Waals surface area contributed by atoms with E-state index in [1.54, 1.807) is 36.7 Å². The van der Waals surface area contributed by atoms with Crippen LogP contribution in [0.25, 0.3) is 16.4 Å². The molecular weight excluding hydrogens is 513 g/mol. The van der Waals surface area contributed by atoms with Gasteiger partial charge in [-0.05, 0) is 39.7 Å². The number of rotatable bonds is 5. The first-order chi connectivity index (χ1) is 14.5. The SMILES string of the molecule is Nc1nnc(-c2c(CCl)cccc2NC(=O)c2nn(-c3ncccc3Cl)cc2Br)s1. The number of pyridine rings is 1. The van der Waals surface area contributed by atoms with E-state index in [9.17, 15) is 4.79 Å². The zero-order valence-corrected chi connectivity index (χ0v) is 18.9. The van der Waals surface area contributed by atoms with Crippen LogP contribution in [-0.2, 0) is 5.88 Å². The lowest BCUT2D eigenvalue weighted by atomic mass is 10.1. The van der Waals surface area contributed by atoms with Crippen molar-refractivity contribution in [2.45, 2.75) is 5.88 Å². The van der Waals surface area contributed by atoms with Gasteiger partial charge >= 0.3 is 0 Å². The summed E-state index contributed by atoms with van der Waals surface area (Å²) in [6.07, 6.45) is 3.21. The molecule has 8 nitrogen and oxygen atoms in total. The molecule has 3 heterocycles. The molecule has 0 spiro atoms. The van der Waals surface area contributed by atoms with E-state index in [0.29, 0.717) is 36.7 Å². The molecule has 0 unspecified atom stereocenters. The van der Waals surface area contributed by atoms with Crippen LogP contribution in [0, 0.1) is 0 Å². The number of hydrogen-bond donors (Lipinski definition) is 2. The Bertz CT molecular complexity index is 1240. The van der Waals surface area contributed by atoms with Crippen LogP contribution in [0.1, 0.15) is 16.1 Å². The summed E-state index contributed by atoms with van der Waals surface area (Å²) in [5.41, 5.74) is 7.86. The maximum absolute atomic E-state index is 13.0. The van der Waals surface area contributed by atoms with Crippen molar-refractivity contribution in [3.05, 3.63) is 63.5 Å². The Balaban J connectivity index is 1.70. The Morgan fingerprint density at radius 2 is 2.10 bits per heavy atom. The lowest BCUT2D eigenvalue weighted by Crippen LogP contribution is -2.15. The van der Waals surface area contributed by atoms with Gasteiger partial charge < -0.3 is 11.1 Å². The van der Waals surface area contributed by atoms with Gasteiger partial charge in [0.15, 0.2) is 16.5 Å². The van der Waals surface area contributed by atoms with Crippen molar-refractivity contribution >= 4 is 67.2 Å². The number of alkyl halides is 1. The number of carbonyl (C=O) groups is 1. The van der Waals surface area contributed by atoms with Crippen molar-refractivity contribution in [2.75, 3.05) is 11.1 Å². The Hall–Kier alpha value is -2.53. The number of nitrogens with two attached hydrogens (primary N) is 1. The normalized spacial score (nSPS) is 10.9. The molecule has 3 aromatic heterocycles. The molecule has 0 aliphatic carbocycles. The smallest absolute Gasteiger partial charge is 0.277 e. The Labute approximate surface area is 193 Å². The van der Waals surface area contributed by atoms with E-state index >= 15 is 0 Å². The van der Waals surface area contributed by atoms with Gasteiger partial charge in [0.25, 0.3) is 5.91 Å². The molecule has 0 fully saturated rings. The Morgan fingerprint density at radius 3 is 2.80 bits per heavy atom. The fourth-order valence-corrected chi connectivity index (χ4v) is 4.34. The molecule has 1 amide bonds. The average molecular weight is 525 g/mol. The molecule has 30 heavy (non-hydrogen) atoms.